The molecule has 6 heteroatoms. The molecule has 0 aromatic heterocycles. The third-order valence-corrected chi connectivity index (χ3v) is 4.60. The summed E-state index contributed by atoms with van der Waals surface area (Å²) in [4.78, 5) is 27.3. The second-order valence-electron chi connectivity index (χ2n) is 6.25. The number of aliphatic carboxylic acids is 1. The van der Waals surface area contributed by atoms with Crippen molar-refractivity contribution in [3.63, 3.8) is 0 Å². The Bertz CT molecular complexity index is 367. The molecule has 21 heavy (non-hydrogen) atoms. The SMILES string of the molecule is CNCC1CCCN(C(=O)N(CC(=O)O)C2CCCC2)C1. The number of hydrogen-bond acceptors (Lipinski definition) is 3. The number of nitrogens with one attached hydrogen (secondary N) is 1. The zero-order valence-electron chi connectivity index (χ0n) is 12.9. The van der Waals surface area contributed by atoms with Crippen LogP contribution in [0.15, 0.2) is 0 Å². The number of hydrogen-bond donors (Lipinski definition) is 2. The van der Waals surface area contributed by atoms with Crippen LogP contribution in [0.3, 0.4) is 0 Å². The highest BCUT2D eigenvalue weighted by atomic mass is 16.4. The highest BCUT2D eigenvalue weighted by molar-refractivity contribution is 5.80. The van der Waals surface area contributed by atoms with Crippen LogP contribution >= 0.6 is 0 Å². The molecule has 1 unspecified atom stereocenters. The van der Waals surface area contributed by atoms with Gasteiger partial charge in [0.05, 0.1) is 0 Å². The molecule has 2 N–H and O–H groups in total. The van der Waals surface area contributed by atoms with Gasteiger partial charge in [0, 0.05) is 19.1 Å². The largest absolute Gasteiger partial charge is 0.480 e. The third kappa shape index (κ3) is 4.33. The maximum Gasteiger partial charge on any atom is 0.323 e. The summed E-state index contributed by atoms with van der Waals surface area (Å²) in [5.74, 6) is -0.443. The lowest BCUT2D eigenvalue weighted by Crippen LogP contribution is -2.52. The number of amides is 2. The number of likely N-dealkylation sites (tertiary alicyclic amines) is 1. The van der Waals surface area contributed by atoms with Crippen LogP contribution in [0.25, 0.3) is 0 Å². The van der Waals surface area contributed by atoms with E-state index >= 15 is 0 Å². The number of carbonyl (C=O) groups excluding carboxylic acids is 1. The van der Waals surface area contributed by atoms with Crippen molar-refractivity contribution in [1.29, 1.82) is 0 Å². The predicted molar refractivity (Wildman–Crippen MR) is 80.2 cm³/mol. The minimum absolute atomic E-state index is 0.0786. The van der Waals surface area contributed by atoms with E-state index in [9.17, 15) is 9.59 Å². The van der Waals surface area contributed by atoms with Crippen molar-refractivity contribution in [3.8, 4) is 0 Å². The molecule has 1 atom stereocenters. The molecule has 0 aromatic rings. The molecular formula is C15H27N3O3. The number of urea groups is 1. The third-order valence-electron chi connectivity index (χ3n) is 4.60. The first-order chi connectivity index (χ1) is 10.1. The molecule has 1 aliphatic heterocycles. The summed E-state index contributed by atoms with van der Waals surface area (Å²) in [6.45, 7) is 2.23. The van der Waals surface area contributed by atoms with Gasteiger partial charge in [0.25, 0.3) is 0 Å². The number of carbonyl (C=O) groups is 2. The lowest BCUT2D eigenvalue weighted by molar-refractivity contribution is -0.138. The summed E-state index contributed by atoms with van der Waals surface area (Å²) in [5.41, 5.74) is 0. The zero-order chi connectivity index (χ0) is 15.2. The van der Waals surface area contributed by atoms with Crippen molar-refractivity contribution in [3.05, 3.63) is 0 Å². The highest BCUT2D eigenvalue weighted by Gasteiger charge is 2.33. The molecule has 0 radical (unpaired) electrons. The number of carboxylic acid groups (broad SMARTS) is 1. The Morgan fingerprint density at radius 2 is 1.95 bits per heavy atom. The Morgan fingerprint density at radius 3 is 2.57 bits per heavy atom. The first-order valence-electron chi connectivity index (χ1n) is 8.03. The lowest BCUT2D eigenvalue weighted by Gasteiger charge is -2.38. The molecule has 2 fully saturated rings. The van der Waals surface area contributed by atoms with Gasteiger partial charge in [0.2, 0.25) is 0 Å². The Labute approximate surface area is 126 Å². The van der Waals surface area contributed by atoms with Gasteiger partial charge < -0.3 is 20.2 Å². The number of piperidine rings is 1. The smallest absolute Gasteiger partial charge is 0.323 e. The number of rotatable bonds is 5. The van der Waals surface area contributed by atoms with E-state index in [2.05, 4.69) is 5.32 Å². The van der Waals surface area contributed by atoms with E-state index in [-0.39, 0.29) is 18.6 Å². The monoisotopic (exact) mass is 297 g/mol. The topological polar surface area (TPSA) is 72.9 Å². The molecule has 2 amide bonds. The van der Waals surface area contributed by atoms with Crippen LogP contribution in [0.1, 0.15) is 38.5 Å². The summed E-state index contributed by atoms with van der Waals surface area (Å²) < 4.78 is 0. The molecule has 1 heterocycles. The van der Waals surface area contributed by atoms with Crippen molar-refractivity contribution in [2.24, 2.45) is 5.92 Å². The second kappa shape index (κ2) is 7.64. The molecular weight excluding hydrogens is 270 g/mol. The fraction of sp³-hybridized carbons (Fsp3) is 0.867. The number of nitrogens with zero attached hydrogens (tertiary/aromatic N) is 2. The van der Waals surface area contributed by atoms with Crippen LogP contribution in [0.5, 0.6) is 0 Å². The normalized spacial score (nSPS) is 23.3. The molecule has 6 nitrogen and oxygen atoms in total. The van der Waals surface area contributed by atoms with Crippen molar-refractivity contribution >= 4 is 12.0 Å². The average Bonchev–Trinajstić information content (AvgIpc) is 2.98. The van der Waals surface area contributed by atoms with Gasteiger partial charge in [-0.3, -0.25) is 4.79 Å². The summed E-state index contributed by atoms with van der Waals surface area (Å²) in [6, 6.07) is 0.0309. The Kier molecular flexibility index (Phi) is 5.85. The molecule has 0 spiro atoms. The van der Waals surface area contributed by atoms with Gasteiger partial charge in [-0.25, -0.2) is 4.79 Å². The van der Waals surface area contributed by atoms with Gasteiger partial charge >= 0.3 is 12.0 Å². The van der Waals surface area contributed by atoms with Gasteiger partial charge in [-0.05, 0) is 45.2 Å². The van der Waals surface area contributed by atoms with Crippen LogP contribution in [-0.2, 0) is 4.79 Å². The van der Waals surface area contributed by atoms with Gasteiger partial charge in [-0.2, -0.15) is 0 Å². The molecule has 0 aromatic carbocycles. The summed E-state index contributed by atoms with van der Waals surface area (Å²) in [5, 5.41) is 12.3. The van der Waals surface area contributed by atoms with E-state index in [1.807, 2.05) is 11.9 Å². The first kappa shape index (κ1) is 16.1. The average molecular weight is 297 g/mol. The molecule has 2 rings (SSSR count). The summed E-state index contributed by atoms with van der Waals surface area (Å²) in [6.07, 6.45) is 6.20. The molecule has 1 saturated carbocycles. The quantitative estimate of drug-likeness (QED) is 0.804. The number of carboxylic acids is 1. The van der Waals surface area contributed by atoms with Crippen molar-refractivity contribution in [1.82, 2.24) is 15.1 Å². The van der Waals surface area contributed by atoms with Crippen LogP contribution in [0, 0.1) is 5.92 Å². The van der Waals surface area contributed by atoms with E-state index in [0.29, 0.717) is 5.92 Å². The van der Waals surface area contributed by atoms with E-state index in [0.717, 1.165) is 58.2 Å². The van der Waals surface area contributed by atoms with Crippen LogP contribution in [0.4, 0.5) is 4.79 Å². The Balaban J connectivity index is 2.00. The fourth-order valence-electron chi connectivity index (χ4n) is 3.59. The van der Waals surface area contributed by atoms with Crippen molar-refractivity contribution in [2.75, 3.05) is 33.2 Å². The maximum atomic E-state index is 12.7. The van der Waals surface area contributed by atoms with E-state index < -0.39 is 5.97 Å². The molecule has 0 bridgehead atoms. The van der Waals surface area contributed by atoms with Crippen molar-refractivity contribution < 1.29 is 14.7 Å². The Morgan fingerprint density at radius 1 is 1.24 bits per heavy atom. The minimum Gasteiger partial charge on any atom is -0.480 e. The Hall–Kier alpha value is -1.30. The van der Waals surface area contributed by atoms with Crippen LogP contribution < -0.4 is 5.32 Å². The van der Waals surface area contributed by atoms with Crippen LogP contribution in [0.2, 0.25) is 0 Å². The zero-order valence-corrected chi connectivity index (χ0v) is 12.9. The second-order valence-corrected chi connectivity index (χ2v) is 6.25. The fourth-order valence-corrected chi connectivity index (χ4v) is 3.59. The van der Waals surface area contributed by atoms with Gasteiger partial charge in [0.1, 0.15) is 6.54 Å². The van der Waals surface area contributed by atoms with Crippen LogP contribution in [-0.4, -0.2) is 66.2 Å². The van der Waals surface area contributed by atoms with E-state index in [4.69, 9.17) is 5.11 Å². The van der Waals surface area contributed by atoms with E-state index in [1.54, 1.807) is 4.90 Å². The minimum atomic E-state index is -0.918. The lowest BCUT2D eigenvalue weighted by atomic mass is 9.98. The van der Waals surface area contributed by atoms with Gasteiger partial charge in [0.15, 0.2) is 0 Å². The molecule has 1 saturated heterocycles. The van der Waals surface area contributed by atoms with Gasteiger partial charge in [-0.1, -0.05) is 12.8 Å². The highest BCUT2D eigenvalue weighted by Crippen LogP contribution is 2.25. The van der Waals surface area contributed by atoms with Crippen molar-refractivity contribution in [2.45, 2.75) is 44.6 Å². The molecule has 2 aliphatic rings. The summed E-state index contributed by atoms with van der Waals surface area (Å²) in [7, 11) is 1.93. The van der Waals surface area contributed by atoms with E-state index in [1.165, 1.54) is 0 Å². The maximum absolute atomic E-state index is 12.7. The first-order valence-corrected chi connectivity index (χ1v) is 8.03. The van der Waals surface area contributed by atoms with Gasteiger partial charge in [-0.15, -0.1) is 0 Å². The predicted octanol–water partition coefficient (Wildman–Crippen LogP) is 1.37. The molecule has 120 valence electrons. The molecule has 1 aliphatic carbocycles. The standard InChI is InChI=1S/C15H27N3O3/c1-16-9-12-5-4-8-17(10-12)15(21)18(11-14(19)20)13-6-2-3-7-13/h12-13,16H,2-11H2,1H3,(H,19,20). The summed E-state index contributed by atoms with van der Waals surface area (Å²) >= 11 is 0.